The highest BCUT2D eigenvalue weighted by molar-refractivity contribution is 5.87. The molecule has 0 bridgehead atoms. The number of likely N-dealkylation sites (N-methyl/N-ethyl adjacent to an activating group) is 2. The Bertz CT molecular complexity index is 402. The molecule has 140 valence electrons. The molecule has 0 aliphatic heterocycles. The van der Waals surface area contributed by atoms with Gasteiger partial charge in [0.05, 0.1) is 0 Å². The van der Waals surface area contributed by atoms with Gasteiger partial charge in [0.2, 0.25) is 0 Å². The lowest BCUT2D eigenvalue weighted by molar-refractivity contribution is -0.140. The Morgan fingerprint density at radius 1 is 0.833 bits per heavy atom. The Labute approximate surface area is 147 Å². The van der Waals surface area contributed by atoms with E-state index in [9.17, 15) is 9.59 Å². The van der Waals surface area contributed by atoms with E-state index in [0.717, 1.165) is 26.2 Å². The van der Waals surface area contributed by atoms with Gasteiger partial charge in [-0.3, -0.25) is 0 Å². The van der Waals surface area contributed by atoms with Crippen LogP contribution in [0, 0.1) is 0 Å². The molecule has 0 aliphatic carbocycles. The van der Waals surface area contributed by atoms with Crippen LogP contribution in [0.3, 0.4) is 0 Å². The van der Waals surface area contributed by atoms with Crippen LogP contribution in [-0.4, -0.2) is 75.2 Å². The minimum absolute atomic E-state index is 0.299. The zero-order valence-electron chi connectivity index (χ0n) is 16.2. The van der Waals surface area contributed by atoms with Gasteiger partial charge in [0.1, 0.15) is 13.2 Å². The molecule has 0 aromatic heterocycles. The van der Waals surface area contributed by atoms with E-state index in [1.54, 1.807) is 13.8 Å². The van der Waals surface area contributed by atoms with Crippen LogP contribution >= 0.6 is 0 Å². The molecule has 0 aromatic rings. The van der Waals surface area contributed by atoms with Crippen molar-refractivity contribution in [2.75, 3.05) is 53.5 Å². The Morgan fingerprint density at radius 2 is 1.21 bits per heavy atom. The lowest BCUT2D eigenvalue weighted by Crippen LogP contribution is -2.27. The van der Waals surface area contributed by atoms with Crippen molar-refractivity contribution in [3.05, 3.63) is 24.3 Å². The van der Waals surface area contributed by atoms with Crippen LogP contribution in [0.15, 0.2) is 24.3 Å². The van der Waals surface area contributed by atoms with Crippen molar-refractivity contribution < 1.29 is 19.1 Å². The molecular formula is C18H34N2O4. The number of hydrogen-bond donors (Lipinski definition) is 0. The molecular weight excluding hydrogens is 308 g/mol. The highest BCUT2D eigenvalue weighted by Crippen LogP contribution is 1.93. The van der Waals surface area contributed by atoms with Gasteiger partial charge in [0, 0.05) is 24.2 Å². The molecule has 0 radical (unpaired) electrons. The van der Waals surface area contributed by atoms with Gasteiger partial charge in [-0.15, -0.1) is 0 Å². The number of carbonyl (C=O) groups is 2. The van der Waals surface area contributed by atoms with Crippen LogP contribution < -0.4 is 0 Å². The average Bonchev–Trinajstić information content (AvgIpc) is 2.51. The minimum Gasteiger partial charge on any atom is -0.461 e. The van der Waals surface area contributed by atoms with Crippen molar-refractivity contribution in [1.82, 2.24) is 9.80 Å². The van der Waals surface area contributed by atoms with Crippen LogP contribution in [0.25, 0.3) is 0 Å². The summed E-state index contributed by atoms with van der Waals surface area (Å²) in [6, 6.07) is 0. The molecule has 0 rings (SSSR count). The second-order valence-electron chi connectivity index (χ2n) is 5.66. The standard InChI is InChI=1S/C10H19NO2.C8H15NO2/c1-5-11(6-2)7-8-13-10(12)9(3)4;1-7(2)8(10)11-6-5-9(3)4/h3,5-8H2,1-2,4H3;1,5-6H2,2-4H3. The molecule has 0 fully saturated rings. The largest absolute Gasteiger partial charge is 0.461 e. The summed E-state index contributed by atoms with van der Waals surface area (Å²) >= 11 is 0. The topological polar surface area (TPSA) is 59.1 Å². The summed E-state index contributed by atoms with van der Waals surface area (Å²) in [4.78, 5) is 25.9. The SMILES string of the molecule is C=C(C)C(=O)OCCN(C)C.C=C(C)C(=O)OCCN(CC)CC. The zero-order chi connectivity index (χ0) is 19.1. The summed E-state index contributed by atoms with van der Waals surface area (Å²) in [7, 11) is 3.85. The molecule has 0 spiro atoms. The third-order valence-electron chi connectivity index (χ3n) is 3.00. The maximum Gasteiger partial charge on any atom is 0.333 e. The number of ether oxygens (including phenoxy) is 2. The molecule has 0 N–H and O–H groups in total. The van der Waals surface area contributed by atoms with Crippen molar-refractivity contribution in [2.24, 2.45) is 0 Å². The summed E-state index contributed by atoms with van der Waals surface area (Å²) in [6.07, 6.45) is 0. The van der Waals surface area contributed by atoms with Crippen LogP contribution in [0.1, 0.15) is 27.7 Å². The van der Waals surface area contributed by atoms with Crippen LogP contribution in [0.5, 0.6) is 0 Å². The van der Waals surface area contributed by atoms with E-state index in [-0.39, 0.29) is 11.9 Å². The second kappa shape index (κ2) is 14.9. The summed E-state index contributed by atoms with van der Waals surface area (Å²) in [5, 5.41) is 0. The van der Waals surface area contributed by atoms with E-state index in [1.807, 2.05) is 19.0 Å². The average molecular weight is 342 g/mol. The van der Waals surface area contributed by atoms with E-state index in [0.29, 0.717) is 24.4 Å². The van der Waals surface area contributed by atoms with Crippen LogP contribution in [-0.2, 0) is 19.1 Å². The Kier molecular flexibility index (Phi) is 15.3. The molecule has 0 amide bonds. The summed E-state index contributed by atoms with van der Waals surface area (Å²) in [5.74, 6) is -0.612. The van der Waals surface area contributed by atoms with E-state index in [1.165, 1.54) is 0 Å². The third kappa shape index (κ3) is 15.2. The molecule has 24 heavy (non-hydrogen) atoms. The van der Waals surface area contributed by atoms with Gasteiger partial charge < -0.3 is 19.3 Å². The van der Waals surface area contributed by atoms with E-state index in [4.69, 9.17) is 9.47 Å². The number of nitrogens with zero attached hydrogens (tertiary/aromatic N) is 2. The quantitative estimate of drug-likeness (QED) is 0.448. The van der Waals surface area contributed by atoms with Gasteiger partial charge in [-0.2, -0.15) is 0 Å². The molecule has 0 saturated heterocycles. The maximum absolute atomic E-state index is 11.0. The zero-order valence-corrected chi connectivity index (χ0v) is 16.2. The smallest absolute Gasteiger partial charge is 0.333 e. The van der Waals surface area contributed by atoms with Gasteiger partial charge >= 0.3 is 11.9 Å². The maximum atomic E-state index is 11.0. The minimum atomic E-state index is -0.313. The van der Waals surface area contributed by atoms with E-state index in [2.05, 4.69) is 31.9 Å². The van der Waals surface area contributed by atoms with Crippen molar-refractivity contribution in [3.8, 4) is 0 Å². The monoisotopic (exact) mass is 342 g/mol. The fourth-order valence-electron chi connectivity index (χ4n) is 1.37. The molecule has 6 heteroatoms. The van der Waals surface area contributed by atoms with E-state index >= 15 is 0 Å². The van der Waals surface area contributed by atoms with Gasteiger partial charge in [0.15, 0.2) is 0 Å². The fraction of sp³-hybridized carbons (Fsp3) is 0.667. The molecule has 0 unspecified atom stereocenters. The summed E-state index contributed by atoms with van der Waals surface area (Å²) < 4.78 is 9.79. The number of rotatable bonds is 10. The molecule has 6 nitrogen and oxygen atoms in total. The Morgan fingerprint density at radius 3 is 1.50 bits per heavy atom. The predicted molar refractivity (Wildman–Crippen MR) is 97.9 cm³/mol. The first kappa shape index (κ1) is 24.6. The highest BCUT2D eigenvalue weighted by Gasteiger charge is 2.04. The van der Waals surface area contributed by atoms with Crippen molar-refractivity contribution in [3.63, 3.8) is 0 Å². The number of hydrogen-bond acceptors (Lipinski definition) is 6. The third-order valence-corrected chi connectivity index (χ3v) is 3.00. The summed E-state index contributed by atoms with van der Waals surface area (Å²) in [5.41, 5.74) is 0.906. The van der Waals surface area contributed by atoms with E-state index < -0.39 is 0 Å². The van der Waals surface area contributed by atoms with Crippen LogP contribution in [0.4, 0.5) is 0 Å². The number of carbonyl (C=O) groups excluding carboxylic acids is 2. The van der Waals surface area contributed by atoms with Gasteiger partial charge in [0.25, 0.3) is 0 Å². The first-order valence-corrected chi connectivity index (χ1v) is 8.17. The van der Waals surface area contributed by atoms with Crippen LogP contribution in [0.2, 0.25) is 0 Å². The molecule has 0 aromatic carbocycles. The van der Waals surface area contributed by atoms with Crippen molar-refractivity contribution in [2.45, 2.75) is 27.7 Å². The molecule has 0 atom stereocenters. The normalized spacial score (nSPS) is 10.0. The second-order valence-corrected chi connectivity index (χ2v) is 5.66. The van der Waals surface area contributed by atoms with Crippen molar-refractivity contribution in [1.29, 1.82) is 0 Å². The first-order chi connectivity index (χ1) is 11.1. The van der Waals surface area contributed by atoms with Crippen molar-refractivity contribution >= 4 is 11.9 Å². The molecule has 0 heterocycles. The Hall–Kier alpha value is -1.66. The Balaban J connectivity index is 0. The molecule has 0 aliphatic rings. The lowest BCUT2D eigenvalue weighted by Gasteiger charge is -2.17. The van der Waals surface area contributed by atoms with Gasteiger partial charge in [-0.25, -0.2) is 9.59 Å². The predicted octanol–water partition coefficient (Wildman–Crippen LogP) is 2.11. The summed E-state index contributed by atoms with van der Waals surface area (Å²) in [6.45, 7) is 18.8. The highest BCUT2D eigenvalue weighted by atomic mass is 16.5. The van der Waals surface area contributed by atoms with Gasteiger partial charge in [-0.05, 0) is 41.0 Å². The van der Waals surface area contributed by atoms with Gasteiger partial charge in [-0.1, -0.05) is 27.0 Å². The molecule has 0 saturated carbocycles. The lowest BCUT2D eigenvalue weighted by atomic mass is 10.4. The first-order valence-electron chi connectivity index (χ1n) is 8.17. The fourth-order valence-corrected chi connectivity index (χ4v) is 1.37. The number of esters is 2.